The molecule has 21 heavy (non-hydrogen) atoms. The zero-order chi connectivity index (χ0) is 14.7. The third kappa shape index (κ3) is 2.94. The molecule has 3 rings (SSSR count). The van der Waals surface area contributed by atoms with Crippen molar-refractivity contribution < 1.29 is 9.90 Å². The highest BCUT2D eigenvalue weighted by Crippen LogP contribution is 2.20. The molecule has 0 spiro atoms. The maximum atomic E-state index is 12.8. The number of H-pyrrole nitrogens is 1. The lowest BCUT2D eigenvalue weighted by atomic mass is 10.1. The highest BCUT2D eigenvalue weighted by molar-refractivity contribution is 6.06. The maximum absolute atomic E-state index is 12.8. The molecular weight excluding hydrogens is 266 g/mol. The summed E-state index contributed by atoms with van der Waals surface area (Å²) in [5.74, 6) is -0.0183. The van der Waals surface area contributed by atoms with Crippen LogP contribution in [0.1, 0.15) is 23.2 Å². The molecule has 1 saturated heterocycles. The van der Waals surface area contributed by atoms with Gasteiger partial charge in [-0.15, -0.1) is 0 Å². The second kappa shape index (κ2) is 6.28. The van der Waals surface area contributed by atoms with Crippen molar-refractivity contribution in [1.82, 2.24) is 15.2 Å². The minimum atomic E-state index is -0.0183. The number of carbonyl (C=O) groups excluding carboxylic acids is 1. The van der Waals surface area contributed by atoms with E-state index in [9.17, 15) is 9.90 Å². The SMILES string of the molecule is O=C(c1c[nH]c2ccccc12)N(CCO)CC1CCCN1. The molecule has 2 heterocycles. The van der Waals surface area contributed by atoms with Crippen molar-refractivity contribution in [3.63, 3.8) is 0 Å². The lowest BCUT2D eigenvalue weighted by Gasteiger charge is -2.25. The minimum absolute atomic E-state index is 0.0131. The lowest BCUT2D eigenvalue weighted by molar-refractivity contribution is 0.0708. The van der Waals surface area contributed by atoms with E-state index in [0.717, 1.165) is 30.3 Å². The van der Waals surface area contributed by atoms with Gasteiger partial charge in [0.2, 0.25) is 0 Å². The second-order valence-corrected chi connectivity index (χ2v) is 5.52. The number of para-hydroxylation sites is 1. The van der Waals surface area contributed by atoms with Gasteiger partial charge in [0.25, 0.3) is 5.91 Å². The normalized spacial score (nSPS) is 18.2. The molecule has 0 saturated carbocycles. The molecule has 1 aromatic carbocycles. The molecule has 0 radical (unpaired) electrons. The zero-order valence-electron chi connectivity index (χ0n) is 12.0. The Morgan fingerprint density at radius 1 is 1.38 bits per heavy atom. The summed E-state index contributed by atoms with van der Waals surface area (Å²) in [6.07, 6.45) is 4.00. The molecule has 5 heteroatoms. The Hall–Kier alpha value is -1.85. The van der Waals surface area contributed by atoms with Gasteiger partial charge in [0.1, 0.15) is 0 Å². The third-order valence-corrected chi connectivity index (χ3v) is 4.08. The molecule has 1 aromatic heterocycles. The lowest BCUT2D eigenvalue weighted by Crippen LogP contribution is -2.42. The molecule has 1 aliphatic rings. The van der Waals surface area contributed by atoms with Gasteiger partial charge in [-0.3, -0.25) is 4.79 Å². The second-order valence-electron chi connectivity index (χ2n) is 5.52. The van der Waals surface area contributed by atoms with Gasteiger partial charge in [0.15, 0.2) is 0 Å². The molecule has 112 valence electrons. The number of aromatic amines is 1. The first-order chi connectivity index (χ1) is 10.3. The highest BCUT2D eigenvalue weighted by Gasteiger charge is 2.23. The standard InChI is InChI=1S/C16H21N3O2/c20-9-8-19(11-12-4-3-7-17-12)16(21)14-10-18-15-6-2-1-5-13(14)15/h1-2,5-6,10,12,17-18,20H,3-4,7-9,11H2. The monoisotopic (exact) mass is 287 g/mol. The molecule has 1 aliphatic heterocycles. The molecule has 2 aromatic rings. The smallest absolute Gasteiger partial charge is 0.256 e. The molecule has 0 bridgehead atoms. The van der Waals surface area contributed by atoms with E-state index in [1.54, 1.807) is 11.1 Å². The van der Waals surface area contributed by atoms with Crippen molar-refractivity contribution in [1.29, 1.82) is 0 Å². The van der Waals surface area contributed by atoms with Crippen LogP contribution in [0.25, 0.3) is 10.9 Å². The van der Waals surface area contributed by atoms with Crippen LogP contribution < -0.4 is 5.32 Å². The summed E-state index contributed by atoms with van der Waals surface area (Å²) < 4.78 is 0. The van der Waals surface area contributed by atoms with E-state index in [1.165, 1.54) is 0 Å². The van der Waals surface area contributed by atoms with E-state index in [1.807, 2.05) is 24.3 Å². The number of carbonyl (C=O) groups is 1. The molecule has 1 atom stereocenters. The van der Waals surface area contributed by atoms with Crippen molar-refractivity contribution >= 4 is 16.8 Å². The average molecular weight is 287 g/mol. The number of nitrogens with zero attached hydrogens (tertiary/aromatic N) is 1. The van der Waals surface area contributed by atoms with Crippen LogP contribution in [0.5, 0.6) is 0 Å². The maximum Gasteiger partial charge on any atom is 0.256 e. The van der Waals surface area contributed by atoms with Crippen LogP contribution >= 0.6 is 0 Å². The van der Waals surface area contributed by atoms with Crippen LogP contribution in [-0.2, 0) is 0 Å². The van der Waals surface area contributed by atoms with Gasteiger partial charge in [0, 0.05) is 36.2 Å². The fourth-order valence-corrected chi connectivity index (χ4v) is 2.99. The number of fused-ring (bicyclic) bond motifs is 1. The molecule has 0 aliphatic carbocycles. The number of aliphatic hydroxyl groups excluding tert-OH is 1. The van der Waals surface area contributed by atoms with Crippen molar-refractivity contribution in [2.24, 2.45) is 0 Å². The topological polar surface area (TPSA) is 68.4 Å². The van der Waals surface area contributed by atoms with Crippen molar-refractivity contribution in [2.75, 3.05) is 26.2 Å². The molecule has 1 unspecified atom stereocenters. The fraction of sp³-hybridized carbons (Fsp3) is 0.438. The van der Waals surface area contributed by atoms with E-state index < -0.39 is 0 Å². The van der Waals surface area contributed by atoms with Gasteiger partial charge in [0.05, 0.1) is 12.2 Å². The number of hydrogen-bond acceptors (Lipinski definition) is 3. The summed E-state index contributed by atoms with van der Waals surface area (Å²) in [6.45, 7) is 2.02. The predicted molar refractivity (Wildman–Crippen MR) is 82.3 cm³/mol. The number of rotatable bonds is 5. The van der Waals surface area contributed by atoms with Crippen LogP contribution in [-0.4, -0.2) is 53.2 Å². The van der Waals surface area contributed by atoms with Crippen LogP contribution in [0.15, 0.2) is 30.5 Å². The largest absolute Gasteiger partial charge is 0.395 e. The van der Waals surface area contributed by atoms with Crippen LogP contribution in [0, 0.1) is 0 Å². The fourth-order valence-electron chi connectivity index (χ4n) is 2.99. The van der Waals surface area contributed by atoms with E-state index >= 15 is 0 Å². The number of aliphatic hydroxyl groups is 1. The van der Waals surface area contributed by atoms with Crippen LogP contribution in [0.2, 0.25) is 0 Å². The number of aromatic nitrogens is 1. The third-order valence-electron chi connectivity index (χ3n) is 4.08. The first kappa shape index (κ1) is 14.1. The summed E-state index contributed by atoms with van der Waals surface area (Å²) in [5.41, 5.74) is 1.64. The summed E-state index contributed by atoms with van der Waals surface area (Å²) >= 11 is 0. The van der Waals surface area contributed by atoms with Crippen molar-refractivity contribution in [3.8, 4) is 0 Å². The zero-order valence-corrected chi connectivity index (χ0v) is 12.0. The first-order valence-corrected chi connectivity index (χ1v) is 7.49. The first-order valence-electron chi connectivity index (χ1n) is 7.49. The Kier molecular flexibility index (Phi) is 4.22. The number of benzene rings is 1. The molecule has 1 fully saturated rings. The molecule has 3 N–H and O–H groups in total. The van der Waals surface area contributed by atoms with E-state index in [2.05, 4.69) is 10.3 Å². The summed E-state index contributed by atoms with van der Waals surface area (Å²) in [5, 5.41) is 13.6. The van der Waals surface area contributed by atoms with E-state index in [0.29, 0.717) is 24.7 Å². The Balaban J connectivity index is 1.82. The Labute approximate surface area is 124 Å². The number of nitrogens with one attached hydrogen (secondary N) is 2. The summed E-state index contributed by atoms with van der Waals surface area (Å²) in [7, 11) is 0. The van der Waals surface area contributed by atoms with Gasteiger partial charge in [-0.2, -0.15) is 0 Å². The van der Waals surface area contributed by atoms with Gasteiger partial charge < -0.3 is 20.3 Å². The highest BCUT2D eigenvalue weighted by atomic mass is 16.3. The van der Waals surface area contributed by atoms with Gasteiger partial charge in [-0.25, -0.2) is 0 Å². The van der Waals surface area contributed by atoms with Crippen molar-refractivity contribution in [3.05, 3.63) is 36.0 Å². The average Bonchev–Trinajstić information content (AvgIpc) is 3.15. The minimum Gasteiger partial charge on any atom is -0.395 e. The molecule has 1 amide bonds. The Bertz CT molecular complexity index is 617. The van der Waals surface area contributed by atoms with E-state index in [4.69, 9.17) is 0 Å². The predicted octanol–water partition coefficient (Wildman–Crippen LogP) is 1.35. The molecule has 5 nitrogen and oxygen atoms in total. The molecular formula is C16H21N3O2. The Morgan fingerprint density at radius 2 is 2.24 bits per heavy atom. The van der Waals surface area contributed by atoms with Gasteiger partial charge in [-0.05, 0) is 25.5 Å². The van der Waals surface area contributed by atoms with Gasteiger partial charge >= 0.3 is 0 Å². The summed E-state index contributed by atoms with van der Waals surface area (Å²) in [4.78, 5) is 17.6. The summed E-state index contributed by atoms with van der Waals surface area (Å²) in [6, 6.07) is 8.12. The quantitative estimate of drug-likeness (QED) is 0.777. The van der Waals surface area contributed by atoms with Crippen molar-refractivity contribution in [2.45, 2.75) is 18.9 Å². The number of amides is 1. The Morgan fingerprint density at radius 3 is 3.00 bits per heavy atom. The number of hydrogen-bond donors (Lipinski definition) is 3. The van der Waals surface area contributed by atoms with Gasteiger partial charge in [-0.1, -0.05) is 18.2 Å². The van der Waals surface area contributed by atoms with Crippen LogP contribution in [0.4, 0.5) is 0 Å². The van der Waals surface area contributed by atoms with Crippen LogP contribution in [0.3, 0.4) is 0 Å². The van der Waals surface area contributed by atoms with E-state index in [-0.39, 0.29) is 12.5 Å².